The highest BCUT2D eigenvalue weighted by Crippen LogP contribution is 2.48. The number of anilines is 1. The van der Waals surface area contributed by atoms with Gasteiger partial charge in [-0.05, 0) is 45.1 Å². The van der Waals surface area contributed by atoms with E-state index in [1.807, 2.05) is 13.8 Å². The van der Waals surface area contributed by atoms with Gasteiger partial charge in [0.05, 0.1) is 18.5 Å². The predicted molar refractivity (Wildman–Crippen MR) is 71.6 cm³/mol. The molecule has 1 heterocycles. The van der Waals surface area contributed by atoms with E-state index in [2.05, 4.69) is 15.3 Å². The van der Waals surface area contributed by atoms with E-state index in [0.717, 1.165) is 25.3 Å². The molecule has 18 heavy (non-hydrogen) atoms. The summed E-state index contributed by atoms with van der Waals surface area (Å²) in [4.78, 5) is 8.51. The zero-order valence-corrected chi connectivity index (χ0v) is 11.1. The van der Waals surface area contributed by atoms with Crippen LogP contribution in [0.1, 0.15) is 33.1 Å². The van der Waals surface area contributed by atoms with Crippen LogP contribution in [0.5, 0.6) is 5.88 Å². The van der Waals surface area contributed by atoms with Crippen molar-refractivity contribution in [2.45, 2.75) is 39.2 Å². The summed E-state index contributed by atoms with van der Waals surface area (Å²) in [7, 11) is 0. The Morgan fingerprint density at radius 3 is 2.83 bits per heavy atom. The molecule has 0 unspecified atom stereocenters. The maximum Gasteiger partial charge on any atom is 0.234 e. The highest BCUT2D eigenvalue weighted by molar-refractivity contribution is 5.34. The van der Waals surface area contributed by atoms with E-state index < -0.39 is 0 Å². The molecule has 1 aliphatic rings. The normalized spacial score (nSPS) is 16.7. The molecular formula is C13H22N4O. The van der Waals surface area contributed by atoms with E-state index in [0.29, 0.717) is 11.3 Å². The molecule has 5 nitrogen and oxygen atoms in total. The average Bonchev–Trinajstić information content (AvgIpc) is 3.07. The number of rotatable bonds is 7. The van der Waals surface area contributed by atoms with Crippen LogP contribution in [0.4, 0.5) is 5.82 Å². The molecule has 0 bridgehead atoms. The Morgan fingerprint density at radius 1 is 1.44 bits per heavy atom. The van der Waals surface area contributed by atoms with Crippen molar-refractivity contribution in [1.82, 2.24) is 9.97 Å². The molecule has 0 radical (unpaired) electrons. The lowest BCUT2D eigenvalue weighted by Gasteiger charge is -2.15. The molecule has 0 aromatic carbocycles. The second-order valence-electron chi connectivity index (χ2n) is 5.30. The highest BCUT2D eigenvalue weighted by Gasteiger charge is 2.41. The van der Waals surface area contributed by atoms with Gasteiger partial charge in [-0.15, -0.1) is 0 Å². The molecule has 1 aromatic rings. The zero-order valence-electron chi connectivity index (χ0n) is 11.1. The standard InChI is InChI=1S/C13H22N4O/c1-10(2)18-12-8-15-7-11(17-12)16-9-13(3-4-13)5-6-14/h7-8,10H,3-6,9,14H2,1-2H3,(H,16,17). The second kappa shape index (κ2) is 5.52. The van der Waals surface area contributed by atoms with Gasteiger partial charge in [0, 0.05) is 6.54 Å². The molecule has 0 spiro atoms. The van der Waals surface area contributed by atoms with Crippen molar-refractivity contribution in [1.29, 1.82) is 0 Å². The van der Waals surface area contributed by atoms with Gasteiger partial charge in [0.2, 0.25) is 5.88 Å². The monoisotopic (exact) mass is 250 g/mol. The fourth-order valence-electron chi connectivity index (χ4n) is 2.01. The van der Waals surface area contributed by atoms with Gasteiger partial charge < -0.3 is 15.8 Å². The first-order valence-corrected chi connectivity index (χ1v) is 6.56. The molecule has 5 heteroatoms. The SMILES string of the molecule is CC(C)Oc1cncc(NCC2(CCN)CC2)n1. The Bertz CT molecular complexity index is 390. The molecule has 100 valence electrons. The summed E-state index contributed by atoms with van der Waals surface area (Å²) in [6.45, 7) is 5.62. The Morgan fingerprint density at radius 2 is 2.22 bits per heavy atom. The number of hydrogen-bond acceptors (Lipinski definition) is 5. The van der Waals surface area contributed by atoms with E-state index in [1.165, 1.54) is 12.8 Å². The van der Waals surface area contributed by atoms with Gasteiger partial charge in [0.25, 0.3) is 0 Å². The molecule has 2 rings (SSSR count). The largest absolute Gasteiger partial charge is 0.474 e. The van der Waals surface area contributed by atoms with E-state index in [1.54, 1.807) is 12.4 Å². The van der Waals surface area contributed by atoms with Crippen molar-refractivity contribution in [3.05, 3.63) is 12.4 Å². The Kier molecular flexibility index (Phi) is 4.01. The summed E-state index contributed by atoms with van der Waals surface area (Å²) in [5.74, 6) is 1.34. The smallest absolute Gasteiger partial charge is 0.234 e. The van der Waals surface area contributed by atoms with Crippen molar-refractivity contribution in [3.63, 3.8) is 0 Å². The van der Waals surface area contributed by atoms with Crippen molar-refractivity contribution >= 4 is 5.82 Å². The third kappa shape index (κ3) is 3.57. The van der Waals surface area contributed by atoms with E-state index in [4.69, 9.17) is 10.5 Å². The summed E-state index contributed by atoms with van der Waals surface area (Å²) >= 11 is 0. The van der Waals surface area contributed by atoms with Crippen LogP contribution in [0.3, 0.4) is 0 Å². The predicted octanol–water partition coefficient (Wildman–Crippen LogP) is 1.80. The lowest BCUT2D eigenvalue weighted by molar-refractivity contribution is 0.232. The minimum atomic E-state index is 0.113. The van der Waals surface area contributed by atoms with Crippen molar-refractivity contribution < 1.29 is 4.74 Å². The fourth-order valence-corrected chi connectivity index (χ4v) is 2.01. The molecule has 1 fully saturated rings. The van der Waals surface area contributed by atoms with Gasteiger partial charge in [-0.3, -0.25) is 4.98 Å². The molecule has 0 atom stereocenters. The van der Waals surface area contributed by atoms with Gasteiger partial charge in [-0.2, -0.15) is 4.98 Å². The minimum absolute atomic E-state index is 0.113. The summed E-state index contributed by atoms with van der Waals surface area (Å²) < 4.78 is 5.52. The Balaban J connectivity index is 1.89. The van der Waals surface area contributed by atoms with Crippen LogP contribution in [0.2, 0.25) is 0 Å². The summed E-state index contributed by atoms with van der Waals surface area (Å²) in [5, 5.41) is 3.34. The summed E-state index contributed by atoms with van der Waals surface area (Å²) in [5.41, 5.74) is 6.02. The van der Waals surface area contributed by atoms with E-state index in [-0.39, 0.29) is 6.10 Å². The van der Waals surface area contributed by atoms with Gasteiger partial charge in [-0.1, -0.05) is 0 Å². The van der Waals surface area contributed by atoms with E-state index in [9.17, 15) is 0 Å². The zero-order chi connectivity index (χ0) is 13.0. The van der Waals surface area contributed by atoms with Gasteiger partial charge in [0.1, 0.15) is 5.82 Å². The van der Waals surface area contributed by atoms with Crippen LogP contribution in [0, 0.1) is 5.41 Å². The third-order valence-corrected chi connectivity index (χ3v) is 3.25. The lowest BCUT2D eigenvalue weighted by Crippen LogP contribution is -2.19. The fraction of sp³-hybridized carbons (Fsp3) is 0.692. The van der Waals surface area contributed by atoms with Gasteiger partial charge >= 0.3 is 0 Å². The van der Waals surface area contributed by atoms with Crippen LogP contribution in [-0.4, -0.2) is 29.2 Å². The number of aromatic nitrogens is 2. The molecule has 1 saturated carbocycles. The number of nitrogens with zero attached hydrogens (tertiary/aromatic N) is 2. The molecule has 0 saturated heterocycles. The first kappa shape index (κ1) is 13.1. The minimum Gasteiger partial charge on any atom is -0.474 e. The lowest BCUT2D eigenvalue weighted by atomic mass is 10.0. The molecule has 0 aliphatic heterocycles. The third-order valence-electron chi connectivity index (χ3n) is 3.25. The van der Waals surface area contributed by atoms with Crippen molar-refractivity contribution in [2.24, 2.45) is 11.1 Å². The van der Waals surface area contributed by atoms with Crippen LogP contribution >= 0.6 is 0 Å². The molecule has 1 aromatic heterocycles. The number of ether oxygens (including phenoxy) is 1. The quantitative estimate of drug-likeness (QED) is 0.772. The van der Waals surface area contributed by atoms with Crippen molar-refractivity contribution in [3.8, 4) is 5.88 Å². The van der Waals surface area contributed by atoms with Gasteiger partial charge in [0.15, 0.2) is 0 Å². The average molecular weight is 250 g/mol. The molecule has 3 N–H and O–H groups in total. The topological polar surface area (TPSA) is 73.1 Å². The van der Waals surface area contributed by atoms with Crippen molar-refractivity contribution in [2.75, 3.05) is 18.4 Å². The highest BCUT2D eigenvalue weighted by atomic mass is 16.5. The van der Waals surface area contributed by atoms with Crippen LogP contribution in [0.15, 0.2) is 12.4 Å². The molecule has 0 amide bonds. The first-order valence-electron chi connectivity index (χ1n) is 6.56. The number of nitrogens with two attached hydrogens (primary N) is 1. The number of nitrogens with one attached hydrogen (secondary N) is 1. The maximum atomic E-state index is 5.63. The Labute approximate surface area is 108 Å². The van der Waals surface area contributed by atoms with Crippen LogP contribution in [-0.2, 0) is 0 Å². The summed E-state index contributed by atoms with van der Waals surface area (Å²) in [6, 6.07) is 0. The van der Waals surface area contributed by atoms with Crippen LogP contribution < -0.4 is 15.8 Å². The molecule has 1 aliphatic carbocycles. The van der Waals surface area contributed by atoms with Crippen LogP contribution in [0.25, 0.3) is 0 Å². The van der Waals surface area contributed by atoms with E-state index >= 15 is 0 Å². The van der Waals surface area contributed by atoms with Gasteiger partial charge in [-0.25, -0.2) is 0 Å². The second-order valence-corrected chi connectivity index (χ2v) is 5.30. The molecular weight excluding hydrogens is 228 g/mol. The first-order chi connectivity index (χ1) is 8.63. The number of hydrogen-bond donors (Lipinski definition) is 2. The summed E-state index contributed by atoms with van der Waals surface area (Å²) in [6.07, 6.45) is 7.07. The Hall–Kier alpha value is -1.36. The maximum absolute atomic E-state index is 5.63.